The maximum absolute atomic E-state index is 13.4. The van der Waals surface area contributed by atoms with E-state index < -0.39 is 35.0 Å². The summed E-state index contributed by atoms with van der Waals surface area (Å²) < 4.78 is 45.7. The number of ether oxygens (including phenoxy) is 1. The first kappa shape index (κ1) is 19.9. The van der Waals surface area contributed by atoms with E-state index in [9.17, 15) is 18.0 Å². The van der Waals surface area contributed by atoms with Crippen LogP contribution in [0.25, 0.3) is 0 Å². The Morgan fingerprint density at radius 2 is 1.81 bits per heavy atom. The lowest BCUT2D eigenvalue weighted by atomic mass is 9.89. The van der Waals surface area contributed by atoms with Gasteiger partial charge in [-0.05, 0) is 44.2 Å². The lowest BCUT2D eigenvalue weighted by molar-refractivity contribution is 0.0619. The number of amides is 1. The minimum absolute atomic E-state index is 0. The normalized spacial score (nSPS) is 17.5. The van der Waals surface area contributed by atoms with E-state index in [1.807, 2.05) is 13.8 Å². The highest BCUT2D eigenvalue weighted by molar-refractivity contribution is 5.94. The fourth-order valence-corrected chi connectivity index (χ4v) is 2.93. The van der Waals surface area contributed by atoms with Crippen molar-refractivity contribution >= 4 is 24.0 Å². The Kier molecular flexibility index (Phi) is 5.41. The average Bonchev–Trinajstić information content (AvgIpc) is 2.52. The molecule has 3 N–H and O–H groups in total. The average molecular weight is 387 g/mol. The van der Waals surface area contributed by atoms with Gasteiger partial charge in [0.15, 0.2) is 17.5 Å². The van der Waals surface area contributed by atoms with Crippen molar-refractivity contribution in [1.29, 1.82) is 0 Å². The van der Waals surface area contributed by atoms with Crippen LogP contribution in [0.2, 0.25) is 0 Å². The number of carbonyl (C=O) groups is 1. The molecule has 0 spiro atoms. The molecule has 0 saturated heterocycles. The molecule has 0 radical (unpaired) electrons. The molecular formula is C18H18ClF3N2O2. The fourth-order valence-electron chi connectivity index (χ4n) is 2.93. The van der Waals surface area contributed by atoms with E-state index >= 15 is 0 Å². The second-order valence-corrected chi connectivity index (χ2v) is 6.64. The van der Waals surface area contributed by atoms with Crippen molar-refractivity contribution in [1.82, 2.24) is 5.32 Å². The summed E-state index contributed by atoms with van der Waals surface area (Å²) in [7, 11) is 0. The van der Waals surface area contributed by atoms with Crippen LogP contribution < -0.4 is 15.8 Å². The van der Waals surface area contributed by atoms with Gasteiger partial charge in [-0.15, -0.1) is 12.4 Å². The zero-order chi connectivity index (χ0) is 18.4. The summed E-state index contributed by atoms with van der Waals surface area (Å²) in [6.07, 6.45) is 0.432. The maximum atomic E-state index is 13.4. The highest BCUT2D eigenvalue weighted by Gasteiger charge is 2.35. The number of carbonyl (C=O) groups excluding carboxylic acids is 1. The summed E-state index contributed by atoms with van der Waals surface area (Å²) in [6.45, 7) is 3.73. The van der Waals surface area contributed by atoms with Gasteiger partial charge in [-0.25, -0.2) is 13.2 Å². The lowest BCUT2D eigenvalue weighted by Gasteiger charge is -2.38. The third-order valence-electron chi connectivity index (χ3n) is 4.04. The van der Waals surface area contributed by atoms with E-state index in [4.69, 9.17) is 10.5 Å². The van der Waals surface area contributed by atoms with E-state index in [-0.39, 0.29) is 18.0 Å². The van der Waals surface area contributed by atoms with Gasteiger partial charge in [0.05, 0.1) is 6.04 Å². The number of halogens is 4. The van der Waals surface area contributed by atoms with Gasteiger partial charge in [0, 0.05) is 23.2 Å². The van der Waals surface area contributed by atoms with Crippen molar-refractivity contribution in [2.45, 2.75) is 31.9 Å². The third kappa shape index (κ3) is 3.88. The van der Waals surface area contributed by atoms with Crippen LogP contribution in [0, 0.1) is 17.5 Å². The predicted molar refractivity (Wildman–Crippen MR) is 93.9 cm³/mol. The van der Waals surface area contributed by atoms with E-state index in [2.05, 4.69) is 5.32 Å². The Morgan fingerprint density at radius 3 is 2.42 bits per heavy atom. The molecule has 2 aromatic carbocycles. The van der Waals surface area contributed by atoms with Crippen LogP contribution in [0.1, 0.15) is 42.2 Å². The number of hydrogen-bond acceptors (Lipinski definition) is 3. The van der Waals surface area contributed by atoms with Crippen LogP contribution in [0.4, 0.5) is 18.9 Å². The Morgan fingerprint density at radius 1 is 1.19 bits per heavy atom. The number of hydrogen-bond donors (Lipinski definition) is 2. The summed E-state index contributed by atoms with van der Waals surface area (Å²) in [5.74, 6) is -4.58. The summed E-state index contributed by atoms with van der Waals surface area (Å²) in [5.41, 5.74) is 6.12. The van der Waals surface area contributed by atoms with Crippen LogP contribution in [-0.2, 0) is 0 Å². The molecule has 3 rings (SSSR count). The zero-order valence-corrected chi connectivity index (χ0v) is 14.9. The zero-order valence-electron chi connectivity index (χ0n) is 14.1. The minimum atomic E-state index is -1.61. The minimum Gasteiger partial charge on any atom is -0.487 e. The van der Waals surface area contributed by atoms with Crippen LogP contribution in [-0.4, -0.2) is 11.5 Å². The number of nitrogens with two attached hydrogens (primary N) is 1. The van der Waals surface area contributed by atoms with Gasteiger partial charge in [0.1, 0.15) is 11.4 Å². The number of anilines is 1. The van der Waals surface area contributed by atoms with Gasteiger partial charge >= 0.3 is 0 Å². The van der Waals surface area contributed by atoms with E-state index in [0.717, 1.165) is 0 Å². The van der Waals surface area contributed by atoms with Crippen molar-refractivity contribution in [3.8, 4) is 5.75 Å². The molecule has 0 aromatic heterocycles. The van der Waals surface area contributed by atoms with Crippen LogP contribution in [0.3, 0.4) is 0 Å². The molecule has 8 heteroatoms. The summed E-state index contributed by atoms with van der Waals surface area (Å²) in [6, 6.07) is 5.94. The highest BCUT2D eigenvalue weighted by Crippen LogP contribution is 2.40. The van der Waals surface area contributed by atoms with Gasteiger partial charge < -0.3 is 15.8 Å². The number of nitrogen functional groups attached to an aromatic ring is 1. The SMILES string of the molecule is CC1(C)CC(NC(=O)c2cc(F)c(F)c(F)c2)c2cc(N)ccc2O1.Cl. The second kappa shape index (κ2) is 7.07. The van der Waals surface area contributed by atoms with Crippen LogP contribution >= 0.6 is 12.4 Å². The van der Waals surface area contributed by atoms with Gasteiger partial charge in [0.2, 0.25) is 0 Å². The molecule has 1 unspecified atom stereocenters. The Hall–Kier alpha value is -2.41. The van der Waals surface area contributed by atoms with E-state index in [1.54, 1.807) is 18.2 Å². The Balaban J connectivity index is 0.00000243. The van der Waals surface area contributed by atoms with Crippen molar-refractivity contribution in [2.75, 3.05) is 5.73 Å². The summed E-state index contributed by atoms with van der Waals surface area (Å²) >= 11 is 0. The van der Waals surface area contributed by atoms with E-state index in [1.165, 1.54) is 0 Å². The maximum Gasteiger partial charge on any atom is 0.251 e. The van der Waals surface area contributed by atoms with Crippen molar-refractivity contribution in [2.24, 2.45) is 0 Å². The first-order chi connectivity index (χ1) is 11.7. The smallest absolute Gasteiger partial charge is 0.251 e. The van der Waals surface area contributed by atoms with Crippen LogP contribution in [0.5, 0.6) is 5.75 Å². The van der Waals surface area contributed by atoms with Gasteiger partial charge in [0.25, 0.3) is 5.91 Å². The van der Waals surface area contributed by atoms with Gasteiger partial charge in [-0.1, -0.05) is 0 Å². The largest absolute Gasteiger partial charge is 0.487 e. The van der Waals surface area contributed by atoms with Crippen molar-refractivity contribution in [3.05, 3.63) is 58.9 Å². The lowest BCUT2D eigenvalue weighted by Crippen LogP contribution is -2.41. The molecule has 1 atom stereocenters. The number of rotatable bonds is 2. The molecule has 0 saturated carbocycles. The quantitative estimate of drug-likeness (QED) is 0.602. The van der Waals surface area contributed by atoms with Crippen molar-refractivity contribution < 1.29 is 22.7 Å². The molecule has 2 aromatic rings. The fraction of sp³-hybridized carbons (Fsp3) is 0.278. The Labute approximate surface area is 154 Å². The van der Waals surface area contributed by atoms with Crippen LogP contribution in [0.15, 0.2) is 30.3 Å². The molecule has 26 heavy (non-hydrogen) atoms. The second-order valence-electron chi connectivity index (χ2n) is 6.64. The van der Waals surface area contributed by atoms with Gasteiger partial charge in [-0.2, -0.15) is 0 Å². The van der Waals surface area contributed by atoms with Crippen molar-refractivity contribution in [3.63, 3.8) is 0 Å². The monoisotopic (exact) mass is 386 g/mol. The molecule has 0 aliphatic carbocycles. The first-order valence-corrected chi connectivity index (χ1v) is 7.70. The van der Waals surface area contributed by atoms with Gasteiger partial charge in [-0.3, -0.25) is 4.79 Å². The molecule has 0 bridgehead atoms. The molecule has 0 fully saturated rings. The molecule has 140 valence electrons. The number of fused-ring (bicyclic) bond motifs is 1. The number of nitrogens with one attached hydrogen (secondary N) is 1. The molecule has 4 nitrogen and oxygen atoms in total. The standard InChI is InChI=1S/C18H17F3N2O2.ClH/c1-18(2)8-14(11-7-10(22)3-4-15(11)25-18)23-17(24)9-5-12(19)16(21)13(20)6-9;/h3-7,14H,8,22H2,1-2H3,(H,23,24);1H. The Bertz CT molecular complexity index is 835. The third-order valence-corrected chi connectivity index (χ3v) is 4.04. The molecule has 1 aliphatic rings. The topological polar surface area (TPSA) is 64.4 Å². The molecule has 1 aliphatic heterocycles. The highest BCUT2D eigenvalue weighted by atomic mass is 35.5. The summed E-state index contributed by atoms with van der Waals surface area (Å²) in [4.78, 5) is 12.4. The molecule has 1 heterocycles. The number of benzene rings is 2. The molecular weight excluding hydrogens is 369 g/mol. The molecule has 1 amide bonds. The summed E-state index contributed by atoms with van der Waals surface area (Å²) in [5, 5.41) is 2.72. The van der Waals surface area contributed by atoms with E-state index in [0.29, 0.717) is 35.6 Å². The first-order valence-electron chi connectivity index (χ1n) is 7.70. The predicted octanol–water partition coefficient (Wildman–Crippen LogP) is 4.14.